The number of hydrogen-bond acceptors (Lipinski definition) is 5. The highest BCUT2D eigenvalue weighted by atomic mass is 16.1. The number of nitrogens with two attached hydrogens (primary N) is 3. The van der Waals surface area contributed by atoms with Gasteiger partial charge in [0, 0.05) is 5.69 Å². The van der Waals surface area contributed by atoms with Gasteiger partial charge in [-0.1, -0.05) is 18.2 Å². The first-order chi connectivity index (χ1) is 12.0. The summed E-state index contributed by atoms with van der Waals surface area (Å²) >= 11 is 0. The minimum absolute atomic E-state index is 0.162. The van der Waals surface area contributed by atoms with Crippen LogP contribution in [0.5, 0.6) is 0 Å². The Bertz CT molecular complexity index is 1160. The number of amides is 1. The van der Waals surface area contributed by atoms with Gasteiger partial charge in [0.1, 0.15) is 16.9 Å². The van der Waals surface area contributed by atoms with Crippen molar-refractivity contribution in [1.82, 2.24) is 14.5 Å². The Kier molecular flexibility index (Phi) is 3.11. The summed E-state index contributed by atoms with van der Waals surface area (Å²) in [7, 11) is 0. The molecule has 7 heteroatoms. The minimum atomic E-state index is -0.646. The molecule has 2 heterocycles. The Morgan fingerprint density at radius 2 is 1.72 bits per heavy atom. The van der Waals surface area contributed by atoms with Crippen molar-refractivity contribution in [3.05, 3.63) is 53.6 Å². The average Bonchev–Trinajstić information content (AvgIpc) is 2.86. The highest BCUT2D eigenvalue weighted by Gasteiger charge is 2.23. The summed E-state index contributed by atoms with van der Waals surface area (Å²) in [6.07, 6.45) is 0. The van der Waals surface area contributed by atoms with Gasteiger partial charge >= 0.3 is 0 Å². The maximum atomic E-state index is 12.0. The second-order valence-electron chi connectivity index (χ2n) is 5.89. The minimum Gasteiger partial charge on any atom is -0.399 e. The number of para-hydroxylation sites is 2. The van der Waals surface area contributed by atoms with Crippen LogP contribution >= 0.6 is 0 Å². The molecule has 0 saturated carbocycles. The van der Waals surface area contributed by atoms with Crippen molar-refractivity contribution in [2.45, 2.75) is 6.92 Å². The predicted molar refractivity (Wildman–Crippen MR) is 98.5 cm³/mol. The highest BCUT2D eigenvalue weighted by Crippen LogP contribution is 2.32. The zero-order valence-corrected chi connectivity index (χ0v) is 13.5. The van der Waals surface area contributed by atoms with Crippen molar-refractivity contribution in [1.29, 1.82) is 0 Å². The predicted octanol–water partition coefficient (Wildman–Crippen LogP) is 2.15. The Labute approximate surface area is 143 Å². The molecule has 0 atom stereocenters. The van der Waals surface area contributed by atoms with Gasteiger partial charge in [-0.25, -0.2) is 9.97 Å². The number of aryl methyl sites for hydroxylation is 1. The number of carbonyl (C=O) groups excluding carboxylic acids is 1. The molecular formula is C18H16N6O. The van der Waals surface area contributed by atoms with E-state index in [9.17, 15) is 4.79 Å². The van der Waals surface area contributed by atoms with Crippen LogP contribution in [-0.2, 0) is 0 Å². The molecule has 124 valence electrons. The quantitative estimate of drug-likeness (QED) is 0.485. The van der Waals surface area contributed by atoms with Gasteiger partial charge in [0.25, 0.3) is 5.91 Å². The third-order valence-electron chi connectivity index (χ3n) is 4.22. The lowest BCUT2D eigenvalue weighted by Crippen LogP contribution is -2.14. The maximum Gasteiger partial charge on any atom is 0.254 e. The van der Waals surface area contributed by atoms with E-state index < -0.39 is 5.91 Å². The summed E-state index contributed by atoms with van der Waals surface area (Å²) in [5.74, 6) is -0.445. The number of nitrogens with zero attached hydrogens (tertiary/aromatic N) is 3. The van der Waals surface area contributed by atoms with Crippen molar-refractivity contribution >= 4 is 39.6 Å². The van der Waals surface area contributed by atoms with Crippen molar-refractivity contribution in [3.63, 3.8) is 0 Å². The number of benzene rings is 2. The molecule has 4 aromatic rings. The molecule has 7 nitrogen and oxygen atoms in total. The van der Waals surface area contributed by atoms with E-state index >= 15 is 0 Å². The van der Waals surface area contributed by atoms with Gasteiger partial charge in [-0.2, -0.15) is 0 Å². The topological polar surface area (TPSA) is 126 Å². The van der Waals surface area contributed by atoms with Gasteiger partial charge in [0.05, 0.1) is 16.7 Å². The van der Waals surface area contributed by atoms with Crippen LogP contribution < -0.4 is 17.2 Å². The molecule has 0 saturated heterocycles. The van der Waals surface area contributed by atoms with Gasteiger partial charge in [-0.05, 0) is 36.8 Å². The zero-order valence-electron chi connectivity index (χ0n) is 13.5. The monoisotopic (exact) mass is 332 g/mol. The lowest BCUT2D eigenvalue weighted by molar-refractivity contribution is 0.100. The fraction of sp³-hybridized carbons (Fsp3) is 0.0556. The van der Waals surface area contributed by atoms with Crippen molar-refractivity contribution in [2.24, 2.45) is 5.73 Å². The summed E-state index contributed by atoms with van der Waals surface area (Å²) < 4.78 is 1.68. The number of primary amides is 1. The standard InChI is InChI=1S/C18H16N6O/c1-9-6-7-10(19)8-13(9)24-16(20)14(17(21)25)15-18(24)23-12-5-3-2-4-11(12)22-15/h2-8H,19-20H2,1H3,(H2,21,25). The van der Waals surface area contributed by atoms with Crippen LogP contribution in [0.1, 0.15) is 15.9 Å². The fourth-order valence-electron chi connectivity index (χ4n) is 3.02. The average molecular weight is 332 g/mol. The molecule has 0 bridgehead atoms. The van der Waals surface area contributed by atoms with Crippen LogP contribution in [0.2, 0.25) is 0 Å². The zero-order chi connectivity index (χ0) is 17.7. The number of hydrogen-bond donors (Lipinski definition) is 3. The first-order valence-electron chi connectivity index (χ1n) is 7.70. The van der Waals surface area contributed by atoms with Crippen LogP contribution in [-0.4, -0.2) is 20.4 Å². The number of fused-ring (bicyclic) bond motifs is 2. The molecule has 0 aliphatic carbocycles. The molecule has 0 unspecified atom stereocenters. The van der Waals surface area contributed by atoms with E-state index in [0.717, 1.165) is 11.3 Å². The number of carbonyl (C=O) groups is 1. The molecule has 6 N–H and O–H groups in total. The van der Waals surface area contributed by atoms with Gasteiger partial charge in [-0.15, -0.1) is 0 Å². The van der Waals surface area contributed by atoms with Gasteiger partial charge in [-0.3, -0.25) is 9.36 Å². The SMILES string of the molecule is Cc1ccc(N)cc1-n1c(N)c(C(N)=O)c2nc3ccccc3nc21. The van der Waals surface area contributed by atoms with Crippen molar-refractivity contribution in [2.75, 3.05) is 11.5 Å². The third kappa shape index (κ3) is 2.17. The Morgan fingerprint density at radius 3 is 2.40 bits per heavy atom. The molecule has 0 fully saturated rings. The highest BCUT2D eigenvalue weighted by molar-refractivity contribution is 6.10. The number of nitrogen functional groups attached to an aromatic ring is 2. The molecule has 2 aromatic carbocycles. The van der Waals surface area contributed by atoms with Gasteiger partial charge < -0.3 is 17.2 Å². The normalized spacial score (nSPS) is 11.2. The molecule has 25 heavy (non-hydrogen) atoms. The number of rotatable bonds is 2. The summed E-state index contributed by atoms with van der Waals surface area (Å²) in [6, 6.07) is 12.9. The lowest BCUT2D eigenvalue weighted by atomic mass is 10.2. The Hall–Kier alpha value is -3.61. The second-order valence-corrected chi connectivity index (χ2v) is 5.89. The molecule has 4 rings (SSSR count). The van der Waals surface area contributed by atoms with Crippen LogP contribution in [0.3, 0.4) is 0 Å². The van der Waals surface area contributed by atoms with Crippen LogP contribution in [0.15, 0.2) is 42.5 Å². The maximum absolute atomic E-state index is 12.0. The Balaban J connectivity index is 2.20. The Morgan fingerprint density at radius 1 is 1.04 bits per heavy atom. The molecule has 0 spiro atoms. The number of anilines is 2. The molecular weight excluding hydrogens is 316 g/mol. The summed E-state index contributed by atoms with van der Waals surface area (Å²) in [5, 5.41) is 0. The number of aromatic nitrogens is 3. The molecule has 0 radical (unpaired) electrons. The van der Waals surface area contributed by atoms with Gasteiger partial charge in [0.15, 0.2) is 5.65 Å². The van der Waals surface area contributed by atoms with E-state index in [0.29, 0.717) is 27.9 Å². The van der Waals surface area contributed by atoms with Crippen LogP contribution in [0.25, 0.3) is 27.9 Å². The summed E-state index contributed by atoms with van der Waals surface area (Å²) in [5.41, 5.74) is 22.4. The van der Waals surface area contributed by atoms with Crippen LogP contribution in [0, 0.1) is 6.92 Å². The first-order valence-corrected chi connectivity index (χ1v) is 7.70. The lowest BCUT2D eigenvalue weighted by Gasteiger charge is -2.11. The molecule has 0 aliphatic heterocycles. The van der Waals surface area contributed by atoms with E-state index in [1.807, 2.05) is 37.3 Å². The van der Waals surface area contributed by atoms with E-state index in [2.05, 4.69) is 9.97 Å². The smallest absolute Gasteiger partial charge is 0.254 e. The first kappa shape index (κ1) is 14.9. The van der Waals surface area contributed by atoms with E-state index in [1.54, 1.807) is 16.7 Å². The summed E-state index contributed by atoms with van der Waals surface area (Å²) in [4.78, 5) is 21.2. The fourth-order valence-corrected chi connectivity index (χ4v) is 3.02. The molecule has 0 aliphatic rings. The van der Waals surface area contributed by atoms with E-state index in [4.69, 9.17) is 17.2 Å². The van der Waals surface area contributed by atoms with Crippen molar-refractivity contribution in [3.8, 4) is 5.69 Å². The second kappa shape index (κ2) is 5.20. The van der Waals surface area contributed by atoms with E-state index in [-0.39, 0.29) is 11.4 Å². The van der Waals surface area contributed by atoms with E-state index in [1.165, 1.54) is 0 Å². The van der Waals surface area contributed by atoms with Gasteiger partial charge in [0.2, 0.25) is 0 Å². The third-order valence-corrected chi connectivity index (χ3v) is 4.22. The molecule has 1 amide bonds. The molecule has 2 aromatic heterocycles. The van der Waals surface area contributed by atoms with Crippen LogP contribution in [0.4, 0.5) is 11.5 Å². The largest absolute Gasteiger partial charge is 0.399 e. The van der Waals surface area contributed by atoms with Crippen molar-refractivity contribution < 1.29 is 4.79 Å². The summed E-state index contributed by atoms with van der Waals surface area (Å²) in [6.45, 7) is 1.93.